The highest BCUT2D eigenvalue weighted by atomic mass is 16.6. The maximum atomic E-state index is 13.0. The Bertz CT molecular complexity index is 1150. The summed E-state index contributed by atoms with van der Waals surface area (Å²) < 4.78 is 6.82. The first-order valence-electron chi connectivity index (χ1n) is 9.11. The van der Waals surface area contributed by atoms with Crippen molar-refractivity contribution >= 4 is 23.3 Å². The summed E-state index contributed by atoms with van der Waals surface area (Å²) in [5.74, 6) is -0.162. The maximum Gasteiger partial charge on any atom is 0.338 e. The van der Waals surface area contributed by atoms with Gasteiger partial charge >= 0.3 is 5.97 Å². The Balaban J connectivity index is 1.94. The van der Waals surface area contributed by atoms with Crippen molar-refractivity contribution < 1.29 is 19.6 Å². The molecule has 1 aliphatic rings. The highest BCUT2D eigenvalue weighted by molar-refractivity contribution is 6.02. The van der Waals surface area contributed by atoms with E-state index in [4.69, 9.17) is 4.74 Å². The Morgan fingerprint density at radius 1 is 1.30 bits per heavy atom. The molecule has 1 aromatic heterocycles. The fourth-order valence-electron chi connectivity index (χ4n) is 3.37. The van der Waals surface area contributed by atoms with E-state index in [1.165, 1.54) is 35.3 Å². The number of anilines is 1. The molecule has 10 heteroatoms. The predicted molar refractivity (Wildman–Crippen MR) is 107 cm³/mol. The van der Waals surface area contributed by atoms with Crippen molar-refractivity contribution in [3.8, 4) is 5.75 Å². The molecule has 2 heterocycles. The molecule has 1 atom stereocenters. The molecule has 0 saturated carbocycles. The molecule has 0 bridgehead atoms. The summed E-state index contributed by atoms with van der Waals surface area (Å²) >= 11 is 0. The van der Waals surface area contributed by atoms with Crippen LogP contribution in [0.5, 0.6) is 5.75 Å². The number of fused-ring (bicyclic) bond motifs is 1. The van der Waals surface area contributed by atoms with Gasteiger partial charge in [0.1, 0.15) is 18.1 Å². The number of carbonyl (C=O) groups is 1. The van der Waals surface area contributed by atoms with E-state index < -0.39 is 16.9 Å². The number of phenolic OH excluding ortho intramolecular Hbond substituents is 1. The van der Waals surface area contributed by atoms with E-state index in [0.717, 1.165) is 0 Å². The van der Waals surface area contributed by atoms with Gasteiger partial charge in [0, 0.05) is 12.1 Å². The lowest BCUT2D eigenvalue weighted by Crippen LogP contribution is -2.30. The lowest BCUT2D eigenvalue weighted by molar-refractivity contribution is -0.384. The number of carbonyl (C=O) groups excluding carboxylic acids is 1. The molecule has 0 radical (unpaired) electrons. The summed E-state index contributed by atoms with van der Waals surface area (Å²) in [6, 6.07) is 11.6. The third-order valence-electron chi connectivity index (χ3n) is 4.65. The Morgan fingerprint density at radius 3 is 2.73 bits per heavy atom. The lowest BCUT2D eigenvalue weighted by atomic mass is 9.92. The van der Waals surface area contributed by atoms with E-state index in [1.54, 1.807) is 31.2 Å². The Labute approximate surface area is 170 Å². The van der Waals surface area contributed by atoms with E-state index in [1.807, 2.05) is 0 Å². The number of nitrogens with zero attached hydrogens (tertiary/aromatic N) is 4. The van der Waals surface area contributed by atoms with Crippen LogP contribution in [-0.4, -0.2) is 37.4 Å². The highest BCUT2D eigenvalue weighted by Crippen LogP contribution is 2.39. The van der Waals surface area contributed by atoms with Gasteiger partial charge in [-0.3, -0.25) is 10.1 Å². The molecule has 152 valence electrons. The van der Waals surface area contributed by atoms with Crippen LogP contribution in [-0.2, 0) is 9.53 Å². The Morgan fingerprint density at radius 2 is 2.07 bits per heavy atom. The largest absolute Gasteiger partial charge is 0.508 e. The molecule has 2 N–H and O–H groups in total. The minimum Gasteiger partial charge on any atom is -0.508 e. The number of hydrogen-bond donors (Lipinski definition) is 2. The van der Waals surface area contributed by atoms with Crippen LogP contribution in [0.1, 0.15) is 24.1 Å². The number of nitro groups is 1. The van der Waals surface area contributed by atoms with Gasteiger partial charge in [-0.15, -0.1) is 0 Å². The van der Waals surface area contributed by atoms with Gasteiger partial charge in [0.15, 0.2) is 0 Å². The number of hydrogen-bond acceptors (Lipinski definition) is 8. The van der Waals surface area contributed by atoms with Crippen molar-refractivity contribution in [2.45, 2.75) is 13.0 Å². The number of aromatic hydroxyl groups is 1. The molecule has 30 heavy (non-hydrogen) atoms. The normalized spacial score (nSPS) is 15.3. The molecule has 0 spiro atoms. The van der Waals surface area contributed by atoms with Gasteiger partial charge in [-0.05, 0) is 42.3 Å². The van der Waals surface area contributed by atoms with Crippen LogP contribution in [0.4, 0.5) is 11.6 Å². The van der Waals surface area contributed by atoms with Gasteiger partial charge in [-0.2, -0.15) is 10.1 Å². The topological polar surface area (TPSA) is 132 Å². The molecule has 0 unspecified atom stereocenters. The minimum absolute atomic E-state index is 0.0350. The number of benzene rings is 2. The molecule has 1 aliphatic heterocycles. The first-order chi connectivity index (χ1) is 14.5. The molecule has 0 saturated heterocycles. The van der Waals surface area contributed by atoms with E-state index in [0.29, 0.717) is 22.8 Å². The second-order valence-electron chi connectivity index (χ2n) is 6.46. The van der Waals surface area contributed by atoms with Crippen molar-refractivity contribution in [2.24, 2.45) is 0 Å². The van der Waals surface area contributed by atoms with E-state index >= 15 is 0 Å². The summed E-state index contributed by atoms with van der Waals surface area (Å²) in [5, 5.41) is 28.3. The number of aromatic nitrogens is 3. The second kappa shape index (κ2) is 7.66. The van der Waals surface area contributed by atoms with Crippen LogP contribution in [0.25, 0.3) is 5.70 Å². The number of ether oxygens (including phenoxy) is 1. The SMILES string of the molecule is CCOC(=O)C1=C(c2ccc([N+](=O)[O-])cc2)Nc2ncnn2[C@H]1c1cccc(O)c1. The van der Waals surface area contributed by atoms with E-state index in [-0.39, 0.29) is 23.6 Å². The number of rotatable bonds is 5. The highest BCUT2D eigenvalue weighted by Gasteiger charge is 2.36. The monoisotopic (exact) mass is 407 g/mol. The lowest BCUT2D eigenvalue weighted by Gasteiger charge is -2.29. The number of non-ortho nitro benzene ring substituents is 1. The fourth-order valence-corrected chi connectivity index (χ4v) is 3.37. The third-order valence-corrected chi connectivity index (χ3v) is 4.65. The number of nitrogens with one attached hydrogen (secondary N) is 1. The van der Waals surface area contributed by atoms with Crippen LogP contribution in [0, 0.1) is 10.1 Å². The Hall–Kier alpha value is -4.21. The zero-order valence-corrected chi connectivity index (χ0v) is 15.8. The molecule has 2 aromatic carbocycles. The quantitative estimate of drug-likeness (QED) is 0.375. The van der Waals surface area contributed by atoms with Crippen LogP contribution in [0.15, 0.2) is 60.4 Å². The molecule has 0 fully saturated rings. The molecular weight excluding hydrogens is 390 g/mol. The van der Waals surface area contributed by atoms with Crippen molar-refractivity contribution in [3.05, 3.63) is 81.7 Å². The van der Waals surface area contributed by atoms with Crippen molar-refractivity contribution in [1.29, 1.82) is 0 Å². The summed E-state index contributed by atoms with van der Waals surface area (Å²) in [6.45, 7) is 1.86. The van der Waals surface area contributed by atoms with Gasteiger partial charge < -0.3 is 15.2 Å². The number of nitro benzene ring substituents is 1. The third kappa shape index (κ3) is 3.34. The van der Waals surface area contributed by atoms with Gasteiger partial charge in [-0.1, -0.05) is 12.1 Å². The van der Waals surface area contributed by atoms with Crippen molar-refractivity contribution in [2.75, 3.05) is 11.9 Å². The van der Waals surface area contributed by atoms with Gasteiger partial charge in [0.05, 0.1) is 22.8 Å². The molecule has 4 rings (SSSR count). The maximum absolute atomic E-state index is 13.0. The van der Waals surface area contributed by atoms with Crippen LogP contribution in [0.2, 0.25) is 0 Å². The number of esters is 1. The number of phenols is 1. The molecular formula is C20H17N5O5. The Kier molecular flexibility index (Phi) is 4.88. The van der Waals surface area contributed by atoms with Gasteiger partial charge in [0.2, 0.25) is 5.95 Å². The first-order valence-corrected chi connectivity index (χ1v) is 9.11. The summed E-state index contributed by atoms with van der Waals surface area (Å²) in [4.78, 5) is 27.7. The van der Waals surface area contributed by atoms with Gasteiger partial charge in [-0.25, -0.2) is 9.48 Å². The van der Waals surface area contributed by atoms with E-state index in [9.17, 15) is 20.0 Å². The zero-order chi connectivity index (χ0) is 21.3. The summed E-state index contributed by atoms with van der Waals surface area (Å²) in [7, 11) is 0. The smallest absolute Gasteiger partial charge is 0.338 e. The van der Waals surface area contributed by atoms with Crippen LogP contribution < -0.4 is 5.32 Å². The fraction of sp³-hybridized carbons (Fsp3) is 0.150. The molecule has 0 amide bonds. The molecule has 0 aliphatic carbocycles. The van der Waals surface area contributed by atoms with Crippen LogP contribution >= 0.6 is 0 Å². The summed E-state index contributed by atoms with van der Waals surface area (Å²) in [5.41, 5.74) is 1.72. The minimum atomic E-state index is -0.722. The van der Waals surface area contributed by atoms with Gasteiger partial charge in [0.25, 0.3) is 5.69 Å². The summed E-state index contributed by atoms with van der Waals surface area (Å²) in [6.07, 6.45) is 1.35. The average Bonchev–Trinajstić information content (AvgIpc) is 3.21. The molecule has 10 nitrogen and oxygen atoms in total. The zero-order valence-electron chi connectivity index (χ0n) is 15.8. The average molecular weight is 407 g/mol. The second-order valence-corrected chi connectivity index (χ2v) is 6.46. The van der Waals surface area contributed by atoms with E-state index in [2.05, 4.69) is 15.4 Å². The molecule has 3 aromatic rings. The standard InChI is InChI=1S/C20H17N5O5/c1-2-30-19(27)16-17(12-6-8-14(9-7-12)25(28)29)23-20-21-11-22-24(20)18(16)13-4-3-5-15(26)10-13/h3-11,18,26H,2H2,1H3,(H,21,22,23)/t18-/m0/s1. The van der Waals surface area contributed by atoms with Crippen molar-refractivity contribution in [3.63, 3.8) is 0 Å². The first kappa shape index (κ1) is 19.1. The predicted octanol–water partition coefficient (Wildman–Crippen LogP) is 2.88. The van der Waals surface area contributed by atoms with Crippen molar-refractivity contribution in [1.82, 2.24) is 14.8 Å². The van der Waals surface area contributed by atoms with Crippen LogP contribution in [0.3, 0.4) is 0 Å².